The number of benzene rings is 1. The zero-order valence-electron chi connectivity index (χ0n) is 19.7. The Labute approximate surface area is 207 Å². The van der Waals surface area contributed by atoms with Crippen molar-refractivity contribution >= 4 is 23.3 Å². The van der Waals surface area contributed by atoms with Crippen molar-refractivity contribution in [3.63, 3.8) is 0 Å². The van der Waals surface area contributed by atoms with Crippen LogP contribution in [-0.2, 0) is 4.79 Å². The summed E-state index contributed by atoms with van der Waals surface area (Å²) in [5.74, 6) is -1.99. The van der Waals surface area contributed by atoms with Crippen LogP contribution in [0.25, 0.3) is 16.9 Å². The van der Waals surface area contributed by atoms with Crippen molar-refractivity contribution in [1.82, 2.24) is 24.9 Å². The Morgan fingerprint density at radius 3 is 2.59 bits per heavy atom. The molecule has 192 valence electrons. The summed E-state index contributed by atoms with van der Waals surface area (Å²) in [6.45, 7) is 4.51. The minimum Gasteiger partial charge on any atom is -0.406 e. The van der Waals surface area contributed by atoms with E-state index in [0.717, 1.165) is 18.2 Å². The number of alkyl halides is 3. The summed E-state index contributed by atoms with van der Waals surface area (Å²) in [5.41, 5.74) is 2.00. The first-order valence-corrected chi connectivity index (χ1v) is 10.9. The van der Waals surface area contributed by atoms with Crippen molar-refractivity contribution < 1.29 is 31.9 Å². The van der Waals surface area contributed by atoms with Crippen molar-refractivity contribution in [3.8, 4) is 17.0 Å². The minimum absolute atomic E-state index is 0.127. The Morgan fingerprint density at radius 2 is 1.89 bits per heavy atom. The highest BCUT2D eigenvalue weighted by Crippen LogP contribution is 2.28. The van der Waals surface area contributed by atoms with Crippen LogP contribution in [0.2, 0.25) is 0 Å². The van der Waals surface area contributed by atoms with Gasteiger partial charge in [0.25, 0.3) is 5.91 Å². The van der Waals surface area contributed by atoms with Crippen LogP contribution < -0.4 is 15.4 Å². The summed E-state index contributed by atoms with van der Waals surface area (Å²) in [4.78, 5) is 32.7. The number of amides is 2. The molecule has 4 rings (SSSR count). The van der Waals surface area contributed by atoms with E-state index in [4.69, 9.17) is 0 Å². The molecule has 13 heteroatoms. The number of fused-ring (bicyclic) bond motifs is 1. The summed E-state index contributed by atoms with van der Waals surface area (Å²) in [6.07, 6.45) is -2.08. The van der Waals surface area contributed by atoms with Gasteiger partial charge in [0, 0.05) is 29.9 Å². The van der Waals surface area contributed by atoms with Crippen LogP contribution >= 0.6 is 0 Å². The van der Waals surface area contributed by atoms with Gasteiger partial charge in [-0.1, -0.05) is 0 Å². The second-order valence-corrected chi connectivity index (χ2v) is 8.11. The van der Waals surface area contributed by atoms with Gasteiger partial charge in [0.2, 0.25) is 5.91 Å². The molecule has 1 aromatic carbocycles. The predicted molar refractivity (Wildman–Crippen MR) is 124 cm³/mol. The van der Waals surface area contributed by atoms with E-state index in [1.807, 2.05) is 0 Å². The second-order valence-electron chi connectivity index (χ2n) is 8.11. The maximum Gasteiger partial charge on any atom is 0.573 e. The Balaban J connectivity index is 1.58. The number of pyridine rings is 1. The fraction of sp³-hybridized carbons (Fsp3) is 0.208. The molecule has 0 radical (unpaired) electrons. The van der Waals surface area contributed by atoms with E-state index in [9.17, 15) is 27.2 Å². The number of anilines is 1. The van der Waals surface area contributed by atoms with E-state index in [2.05, 4.69) is 30.4 Å². The molecule has 4 aromatic rings. The van der Waals surface area contributed by atoms with Crippen LogP contribution in [0.5, 0.6) is 5.75 Å². The smallest absolute Gasteiger partial charge is 0.406 e. The zero-order valence-corrected chi connectivity index (χ0v) is 19.7. The molecule has 3 aromatic heterocycles. The first-order chi connectivity index (χ1) is 17.4. The van der Waals surface area contributed by atoms with E-state index in [0.29, 0.717) is 28.4 Å². The number of nitrogens with zero attached hydrogens (tertiary/aromatic N) is 4. The molecule has 2 amide bonds. The van der Waals surface area contributed by atoms with Crippen LogP contribution in [0.4, 0.5) is 23.4 Å². The number of nitrogens with one attached hydrogen (secondary N) is 2. The number of carbonyl (C=O) groups excluding carboxylic acids is 2. The van der Waals surface area contributed by atoms with E-state index in [1.54, 1.807) is 25.1 Å². The Kier molecular flexibility index (Phi) is 6.79. The highest BCUT2D eigenvalue weighted by Gasteiger charge is 2.31. The first-order valence-electron chi connectivity index (χ1n) is 10.9. The van der Waals surface area contributed by atoms with Gasteiger partial charge in [-0.25, -0.2) is 13.9 Å². The molecule has 1 atom stereocenters. The third-order valence-corrected chi connectivity index (χ3v) is 5.26. The summed E-state index contributed by atoms with van der Waals surface area (Å²) < 4.78 is 57.2. The molecule has 3 heterocycles. The molecule has 0 spiro atoms. The van der Waals surface area contributed by atoms with E-state index < -0.39 is 29.9 Å². The number of ether oxygens (including phenoxy) is 1. The summed E-state index contributed by atoms with van der Waals surface area (Å²) in [6, 6.07) is 6.48. The first kappa shape index (κ1) is 25.5. The number of halogens is 4. The SMILES string of the molecule is CC(=O)Nc1cn2nc(-c3cc(C(=O)N[C@@H](C)c4cc(OC(F)(F)F)ccc4F)cnc3C)ccc2n1. The fourth-order valence-electron chi connectivity index (χ4n) is 3.59. The van der Waals surface area contributed by atoms with Crippen LogP contribution in [0.1, 0.15) is 41.5 Å². The molecule has 0 bridgehead atoms. The molecule has 0 fully saturated rings. The topological polar surface area (TPSA) is 111 Å². The molecule has 0 saturated carbocycles. The van der Waals surface area contributed by atoms with Gasteiger partial charge in [-0.15, -0.1) is 13.2 Å². The molecule has 37 heavy (non-hydrogen) atoms. The number of aryl methyl sites for hydroxylation is 1. The van der Waals surface area contributed by atoms with E-state index in [1.165, 1.54) is 30.8 Å². The lowest BCUT2D eigenvalue weighted by Gasteiger charge is -2.17. The van der Waals surface area contributed by atoms with Crippen molar-refractivity contribution in [2.45, 2.75) is 33.2 Å². The average molecular weight is 516 g/mol. The molecule has 0 aliphatic rings. The molecule has 0 saturated heterocycles. The van der Waals surface area contributed by atoms with Gasteiger partial charge in [0.15, 0.2) is 11.5 Å². The molecule has 0 unspecified atom stereocenters. The number of aromatic nitrogens is 4. The number of hydrogen-bond acceptors (Lipinski definition) is 6. The van der Waals surface area contributed by atoms with Crippen LogP contribution in [-0.4, -0.2) is 37.8 Å². The monoisotopic (exact) mass is 516 g/mol. The molecule has 0 aliphatic heterocycles. The lowest BCUT2D eigenvalue weighted by molar-refractivity contribution is -0.274. The number of hydrogen-bond donors (Lipinski definition) is 2. The second kappa shape index (κ2) is 9.84. The van der Waals surface area contributed by atoms with Gasteiger partial charge in [-0.2, -0.15) is 5.10 Å². The summed E-state index contributed by atoms with van der Waals surface area (Å²) in [5, 5.41) is 9.60. The maximum absolute atomic E-state index is 14.3. The van der Waals surface area contributed by atoms with Crippen LogP contribution in [0, 0.1) is 12.7 Å². The Bertz CT molecular complexity index is 1500. The van der Waals surface area contributed by atoms with Crippen molar-refractivity contribution in [1.29, 1.82) is 0 Å². The third-order valence-electron chi connectivity index (χ3n) is 5.26. The van der Waals surface area contributed by atoms with Crippen molar-refractivity contribution in [3.05, 3.63) is 71.4 Å². The number of carbonyl (C=O) groups is 2. The molecular weight excluding hydrogens is 496 g/mol. The van der Waals surface area contributed by atoms with Gasteiger partial charge in [-0.3, -0.25) is 14.6 Å². The zero-order chi connectivity index (χ0) is 26.9. The van der Waals surface area contributed by atoms with E-state index >= 15 is 0 Å². The van der Waals surface area contributed by atoms with Crippen LogP contribution in [0.15, 0.2) is 48.8 Å². The third kappa shape index (κ3) is 6.00. The lowest BCUT2D eigenvalue weighted by Crippen LogP contribution is -2.27. The Hall–Kier alpha value is -4.55. The van der Waals surface area contributed by atoms with E-state index in [-0.39, 0.29) is 17.0 Å². The molecular formula is C24H20F4N6O3. The normalized spacial score (nSPS) is 12.3. The fourth-order valence-corrected chi connectivity index (χ4v) is 3.59. The summed E-state index contributed by atoms with van der Waals surface area (Å²) >= 11 is 0. The minimum atomic E-state index is -4.94. The van der Waals surface area contributed by atoms with Crippen molar-refractivity contribution in [2.75, 3.05) is 5.32 Å². The largest absolute Gasteiger partial charge is 0.573 e. The Morgan fingerprint density at radius 1 is 1.14 bits per heavy atom. The lowest BCUT2D eigenvalue weighted by atomic mass is 10.1. The summed E-state index contributed by atoms with van der Waals surface area (Å²) in [7, 11) is 0. The van der Waals surface area contributed by atoms with Crippen molar-refractivity contribution in [2.24, 2.45) is 0 Å². The van der Waals surface area contributed by atoms with Gasteiger partial charge < -0.3 is 15.4 Å². The quantitative estimate of drug-likeness (QED) is 0.363. The standard InChI is InChI=1S/C24H20F4N6O3/c1-12-18(20-6-7-22-32-21(31-14(3)35)11-34(22)33-20)8-15(10-29-12)23(36)30-13(2)17-9-16(4-5-19(17)25)37-24(26,27)28/h4-11,13H,1-3H3,(H,30,36)(H,31,35)/t13-/m0/s1. The highest BCUT2D eigenvalue weighted by atomic mass is 19.4. The van der Waals surface area contributed by atoms with Gasteiger partial charge in [0.05, 0.1) is 23.5 Å². The molecule has 0 aliphatic carbocycles. The number of imidazole rings is 1. The average Bonchev–Trinajstić information content (AvgIpc) is 3.20. The van der Waals surface area contributed by atoms with Gasteiger partial charge in [0.1, 0.15) is 11.6 Å². The molecule has 2 N–H and O–H groups in total. The maximum atomic E-state index is 14.3. The van der Waals surface area contributed by atoms with Crippen LogP contribution in [0.3, 0.4) is 0 Å². The van der Waals surface area contributed by atoms with Gasteiger partial charge in [-0.05, 0) is 50.2 Å². The number of rotatable bonds is 6. The predicted octanol–water partition coefficient (Wildman–Crippen LogP) is 4.59. The van der Waals surface area contributed by atoms with Gasteiger partial charge >= 0.3 is 6.36 Å². The molecule has 9 nitrogen and oxygen atoms in total. The highest BCUT2D eigenvalue weighted by molar-refractivity contribution is 5.95.